The molecular weight excluding hydrogens is 244 g/mol. The summed E-state index contributed by atoms with van der Waals surface area (Å²) < 4.78 is 24.2. The van der Waals surface area contributed by atoms with E-state index < -0.39 is 20.6 Å². The van der Waals surface area contributed by atoms with Gasteiger partial charge in [0, 0.05) is 13.2 Å². The molecule has 1 aromatic carbocycles. The molecule has 7 heteroatoms. The van der Waals surface area contributed by atoms with Gasteiger partial charge in [0.25, 0.3) is 5.91 Å². The first-order chi connectivity index (χ1) is 8.00. The quantitative estimate of drug-likeness (QED) is 0.554. The molecule has 1 aromatic rings. The predicted octanol–water partition coefficient (Wildman–Crippen LogP) is 0.257. The average molecular weight is 254 g/mol. The second-order valence-electron chi connectivity index (χ2n) is 3.47. The average Bonchev–Trinajstić information content (AvgIpc) is 2.32. The van der Waals surface area contributed by atoms with E-state index in [1.54, 1.807) is 23.7 Å². The molecule has 1 aliphatic heterocycles. The number of nitrogens with zero attached hydrogens (tertiary/aromatic N) is 1. The van der Waals surface area contributed by atoms with Gasteiger partial charge in [-0.3, -0.25) is 15.5 Å². The van der Waals surface area contributed by atoms with Crippen LogP contribution in [0.4, 0.5) is 5.69 Å². The number of hydrogen-bond donors (Lipinski definition) is 2. The summed E-state index contributed by atoms with van der Waals surface area (Å²) in [4.78, 5) is 12.6. The summed E-state index contributed by atoms with van der Waals surface area (Å²) in [7, 11) is -2.41. The Kier molecular flexibility index (Phi) is 2.64. The maximum atomic E-state index is 12.1. The van der Waals surface area contributed by atoms with Crippen molar-refractivity contribution in [3.8, 4) is 0 Å². The molecule has 1 aliphatic rings. The molecule has 90 valence electrons. The molecule has 0 saturated heterocycles. The van der Waals surface area contributed by atoms with Crippen molar-refractivity contribution in [2.75, 3.05) is 11.9 Å². The number of sulfone groups is 1. The van der Waals surface area contributed by atoms with E-state index in [0.717, 1.165) is 6.20 Å². The largest absolute Gasteiger partial charge is 0.309 e. The summed E-state index contributed by atoms with van der Waals surface area (Å²) >= 11 is 0. The van der Waals surface area contributed by atoms with Crippen molar-refractivity contribution in [1.82, 2.24) is 5.48 Å². The lowest BCUT2D eigenvalue weighted by atomic mass is 10.3. The van der Waals surface area contributed by atoms with Crippen molar-refractivity contribution >= 4 is 21.4 Å². The summed E-state index contributed by atoms with van der Waals surface area (Å²) in [6.45, 7) is 0. The number of likely N-dealkylation sites (N-methyl/N-ethyl adjacent to an activating group) is 1. The van der Waals surface area contributed by atoms with Crippen LogP contribution in [0.1, 0.15) is 0 Å². The third-order valence-electron chi connectivity index (χ3n) is 2.52. The number of nitrogens with one attached hydrogen (secondary N) is 1. The fraction of sp³-hybridized carbons (Fsp3) is 0.100. The lowest BCUT2D eigenvalue weighted by molar-refractivity contribution is -0.114. The van der Waals surface area contributed by atoms with Crippen LogP contribution in [0.25, 0.3) is 0 Å². The number of fused-ring (bicyclic) bond motifs is 1. The fourth-order valence-electron chi connectivity index (χ4n) is 1.67. The number of para-hydroxylation sites is 1. The van der Waals surface area contributed by atoms with Gasteiger partial charge in [0.2, 0.25) is 9.84 Å². The van der Waals surface area contributed by atoms with Gasteiger partial charge in [-0.1, -0.05) is 12.1 Å². The van der Waals surface area contributed by atoms with E-state index in [1.807, 2.05) is 0 Å². The molecule has 0 aliphatic carbocycles. The molecule has 1 heterocycles. The smallest absolute Gasteiger partial charge is 0.271 e. The lowest BCUT2D eigenvalue weighted by Crippen LogP contribution is -2.37. The molecule has 0 unspecified atom stereocenters. The van der Waals surface area contributed by atoms with Crippen LogP contribution in [0.2, 0.25) is 0 Å². The highest BCUT2D eigenvalue weighted by Crippen LogP contribution is 2.34. The molecule has 0 fully saturated rings. The number of hydrogen-bond acceptors (Lipinski definition) is 5. The molecule has 2 N–H and O–H groups in total. The van der Waals surface area contributed by atoms with Gasteiger partial charge in [-0.05, 0) is 12.1 Å². The van der Waals surface area contributed by atoms with Gasteiger partial charge in [0.15, 0.2) is 4.91 Å². The molecule has 1 amide bonds. The molecule has 0 atom stereocenters. The first-order valence-corrected chi connectivity index (χ1v) is 6.20. The van der Waals surface area contributed by atoms with Gasteiger partial charge in [0.05, 0.1) is 10.6 Å². The molecule has 0 spiro atoms. The van der Waals surface area contributed by atoms with Crippen LogP contribution in [-0.2, 0) is 14.6 Å². The Morgan fingerprint density at radius 1 is 1.35 bits per heavy atom. The van der Waals surface area contributed by atoms with E-state index >= 15 is 0 Å². The summed E-state index contributed by atoms with van der Waals surface area (Å²) in [5, 5.41) is 8.54. The number of hydroxylamine groups is 1. The van der Waals surface area contributed by atoms with E-state index in [4.69, 9.17) is 5.21 Å². The Labute approximate surface area is 98.0 Å². The third-order valence-corrected chi connectivity index (χ3v) is 4.31. The second-order valence-corrected chi connectivity index (χ2v) is 5.36. The van der Waals surface area contributed by atoms with Gasteiger partial charge < -0.3 is 4.90 Å². The highest BCUT2D eigenvalue weighted by atomic mass is 32.2. The van der Waals surface area contributed by atoms with Crippen LogP contribution in [0.15, 0.2) is 40.3 Å². The van der Waals surface area contributed by atoms with Crippen LogP contribution < -0.4 is 10.4 Å². The minimum absolute atomic E-state index is 0.0450. The van der Waals surface area contributed by atoms with Crippen molar-refractivity contribution in [2.45, 2.75) is 4.90 Å². The number of rotatable bonds is 1. The van der Waals surface area contributed by atoms with Crippen LogP contribution in [-0.4, -0.2) is 26.6 Å². The molecule has 17 heavy (non-hydrogen) atoms. The Balaban J connectivity index is 2.78. The minimum atomic E-state index is -3.88. The van der Waals surface area contributed by atoms with Crippen molar-refractivity contribution in [2.24, 2.45) is 0 Å². The highest BCUT2D eigenvalue weighted by molar-refractivity contribution is 7.96. The molecule has 0 bridgehead atoms. The number of amides is 1. The normalized spacial score (nSPS) is 20.2. The fourth-order valence-corrected chi connectivity index (χ4v) is 3.22. The molecule has 2 rings (SSSR count). The standard InChI is InChI=1S/C10H10N2O4S/c1-12-7-4-2-3-5-8(7)17(15,16)9(6-11-14)10(12)13/h2-6,11,14H,1H3/b9-6+. The molecule has 0 aromatic heterocycles. The monoisotopic (exact) mass is 254 g/mol. The Morgan fingerprint density at radius 3 is 2.65 bits per heavy atom. The summed E-state index contributed by atoms with van der Waals surface area (Å²) in [6, 6.07) is 6.19. The van der Waals surface area contributed by atoms with Crippen molar-refractivity contribution in [1.29, 1.82) is 0 Å². The van der Waals surface area contributed by atoms with Gasteiger partial charge in [0.1, 0.15) is 0 Å². The van der Waals surface area contributed by atoms with E-state index in [2.05, 4.69) is 0 Å². The van der Waals surface area contributed by atoms with Crippen LogP contribution in [0.3, 0.4) is 0 Å². The SMILES string of the molecule is CN1C(=O)/C(=C\NO)S(=O)(=O)c2ccccc21. The van der Waals surface area contributed by atoms with Crippen LogP contribution >= 0.6 is 0 Å². The van der Waals surface area contributed by atoms with Gasteiger partial charge in [-0.2, -0.15) is 0 Å². The zero-order valence-corrected chi connectivity index (χ0v) is 9.73. The zero-order valence-electron chi connectivity index (χ0n) is 8.91. The second kappa shape index (κ2) is 3.86. The Bertz CT molecular complexity index is 606. The first-order valence-electron chi connectivity index (χ1n) is 4.72. The number of carbonyl (C=O) groups is 1. The maximum Gasteiger partial charge on any atom is 0.271 e. The van der Waals surface area contributed by atoms with E-state index in [0.29, 0.717) is 5.69 Å². The minimum Gasteiger partial charge on any atom is -0.309 e. The van der Waals surface area contributed by atoms with Crippen molar-refractivity contribution in [3.05, 3.63) is 35.4 Å². The summed E-state index contributed by atoms with van der Waals surface area (Å²) in [5.74, 6) is -0.690. The zero-order chi connectivity index (χ0) is 12.6. The van der Waals surface area contributed by atoms with Crippen LogP contribution in [0.5, 0.6) is 0 Å². The van der Waals surface area contributed by atoms with Gasteiger partial charge in [-0.15, -0.1) is 0 Å². The van der Waals surface area contributed by atoms with Crippen molar-refractivity contribution in [3.63, 3.8) is 0 Å². The number of benzene rings is 1. The molecule has 6 nitrogen and oxygen atoms in total. The Morgan fingerprint density at radius 2 is 2.00 bits per heavy atom. The lowest BCUT2D eigenvalue weighted by Gasteiger charge is -2.26. The van der Waals surface area contributed by atoms with Gasteiger partial charge in [-0.25, -0.2) is 8.42 Å². The van der Waals surface area contributed by atoms with Crippen molar-refractivity contribution < 1.29 is 18.4 Å². The maximum absolute atomic E-state index is 12.1. The van der Waals surface area contributed by atoms with E-state index in [-0.39, 0.29) is 4.90 Å². The number of anilines is 1. The highest BCUT2D eigenvalue weighted by Gasteiger charge is 2.37. The Hall–Kier alpha value is -1.86. The number of carbonyl (C=O) groups excluding carboxylic acids is 1. The molecular formula is C10H10N2O4S. The summed E-state index contributed by atoms with van der Waals surface area (Å²) in [6.07, 6.45) is 0.768. The van der Waals surface area contributed by atoms with Gasteiger partial charge >= 0.3 is 0 Å². The first kappa shape index (κ1) is 11.6. The molecule has 0 radical (unpaired) electrons. The van der Waals surface area contributed by atoms with Crippen LogP contribution in [0, 0.1) is 0 Å². The van der Waals surface area contributed by atoms with E-state index in [1.165, 1.54) is 18.0 Å². The topological polar surface area (TPSA) is 86.7 Å². The summed E-state index contributed by atoms with van der Waals surface area (Å²) in [5.41, 5.74) is 1.91. The third kappa shape index (κ3) is 1.60. The van der Waals surface area contributed by atoms with E-state index in [9.17, 15) is 13.2 Å². The predicted molar refractivity (Wildman–Crippen MR) is 60.0 cm³/mol. The molecule has 0 saturated carbocycles.